The summed E-state index contributed by atoms with van der Waals surface area (Å²) >= 11 is 24.2. The molecule has 1 aliphatic heterocycles. The lowest BCUT2D eigenvalue weighted by molar-refractivity contribution is -0.118. The average Bonchev–Trinajstić information content (AvgIpc) is 3.11. The highest BCUT2D eigenvalue weighted by molar-refractivity contribution is 6.43. The van der Waals surface area contributed by atoms with Crippen molar-refractivity contribution in [3.63, 3.8) is 0 Å². The summed E-state index contributed by atoms with van der Waals surface area (Å²) in [7, 11) is 0. The number of hydrogen-bond acceptors (Lipinski definition) is 3. The molecule has 2 aromatic carbocycles. The molecule has 0 aliphatic carbocycles. The van der Waals surface area contributed by atoms with Crippen LogP contribution in [-0.4, -0.2) is 25.6 Å². The molecule has 0 aromatic heterocycles. The Morgan fingerprint density at radius 2 is 1.65 bits per heavy atom. The third-order valence-corrected chi connectivity index (χ3v) is 5.33. The number of nitrogens with one attached hydrogen (secondary N) is 1. The van der Waals surface area contributed by atoms with Crippen LogP contribution in [0.4, 0.5) is 11.4 Å². The molecule has 1 saturated heterocycles. The van der Waals surface area contributed by atoms with Gasteiger partial charge in [0.15, 0.2) is 6.61 Å². The van der Waals surface area contributed by atoms with Crippen LogP contribution >= 0.6 is 46.4 Å². The van der Waals surface area contributed by atoms with Gasteiger partial charge in [-0.2, -0.15) is 0 Å². The maximum Gasteiger partial charge on any atom is 0.262 e. The molecule has 3 rings (SSSR count). The van der Waals surface area contributed by atoms with Gasteiger partial charge in [-0.1, -0.05) is 46.4 Å². The molecule has 0 saturated carbocycles. The maximum atomic E-state index is 12.1. The Kier molecular flexibility index (Phi) is 6.41. The normalized spacial score (nSPS) is 13.8. The fraction of sp³-hybridized carbons (Fsp3) is 0.278. The van der Waals surface area contributed by atoms with Gasteiger partial charge in [0.05, 0.1) is 25.8 Å². The van der Waals surface area contributed by atoms with E-state index in [2.05, 4.69) is 10.2 Å². The van der Waals surface area contributed by atoms with Gasteiger partial charge in [-0.3, -0.25) is 4.79 Å². The molecule has 0 atom stereocenters. The second kappa shape index (κ2) is 8.57. The Morgan fingerprint density at radius 3 is 2.35 bits per heavy atom. The number of rotatable bonds is 5. The smallest absolute Gasteiger partial charge is 0.262 e. The van der Waals surface area contributed by atoms with Crippen molar-refractivity contribution in [3.05, 3.63) is 50.4 Å². The van der Waals surface area contributed by atoms with E-state index in [-0.39, 0.29) is 17.5 Å². The van der Waals surface area contributed by atoms with Crippen LogP contribution in [0, 0.1) is 0 Å². The van der Waals surface area contributed by atoms with E-state index in [0.29, 0.717) is 26.5 Å². The summed E-state index contributed by atoms with van der Waals surface area (Å²) in [6.45, 7) is 1.79. The molecule has 1 amide bonds. The summed E-state index contributed by atoms with van der Waals surface area (Å²) in [5.41, 5.74) is 1.59. The molecule has 0 unspecified atom stereocenters. The Morgan fingerprint density at radius 1 is 0.962 bits per heavy atom. The number of carbonyl (C=O) groups excluding carboxylic acids is 1. The van der Waals surface area contributed by atoms with Crippen molar-refractivity contribution in [1.82, 2.24) is 0 Å². The van der Waals surface area contributed by atoms with Crippen molar-refractivity contribution < 1.29 is 9.53 Å². The Balaban J connectivity index is 1.60. The molecule has 1 heterocycles. The minimum Gasteiger partial charge on any atom is -0.482 e. The third-order valence-electron chi connectivity index (χ3n) is 4.01. The van der Waals surface area contributed by atoms with Gasteiger partial charge in [0, 0.05) is 24.8 Å². The van der Waals surface area contributed by atoms with E-state index < -0.39 is 0 Å². The molecule has 4 nitrogen and oxygen atoms in total. The number of carbonyl (C=O) groups is 1. The van der Waals surface area contributed by atoms with Crippen molar-refractivity contribution in [1.29, 1.82) is 0 Å². The fourth-order valence-electron chi connectivity index (χ4n) is 2.75. The van der Waals surface area contributed by atoms with Crippen molar-refractivity contribution in [2.75, 3.05) is 29.9 Å². The highest BCUT2D eigenvalue weighted by Gasteiger charge is 2.16. The quantitative estimate of drug-likeness (QED) is 0.595. The molecule has 0 bridgehead atoms. The summed E-state index contributed by atoms with van der Waals surface area (Å²) in [6, 6.07) is 8.42. The zero-order valence-electron chi connectivity index (χ0n) is 13.7. The van der Waals surface area contributed by atoms with Gasteiger partial charge < -0.3 is 15.0 Å². The second-order valence-corrected chi connectivity index (χ2v) is 7.52. The molecule has 1 N–H and O–H groups in total. The summed E-state index contributed by atoms with van der Waals surface area (Å²) in [5.74, 6) is -0.0456. The second-order valence-electron chi connectivity index (χ2n) is 5.89. The number of nitrogens with zero attached hydrogens (tertiary/aromatic N) is 1. The van der Waals surface area contributed by atoms with E-state index >= 15 is 0 Å². The number of amides is 1. The zero-order valence-corrected chi connectivity index (χ0v) is 16.7. The van der Waals surface area contributed by atoms with Gasteiger partial charge >= 0.3 is 0 Å². The molecule has 2 aromatic rings. The molecular weight excluding hydrogens is 418 g/mol. The van der Waals surface area contributed by atoms with Gasteiger partial charge in [-0.15, -0.1) is 0 Å². The first-order valence-corrected chi connectivity index (χ1v) is 9.57. The average molecular weight is 434 g/mol. The van der Waals surface area contributed by atoms with Crippen LogP contribution in [0.25, 0.3) is 0 Å². The van der Waals surface area contributed by atoms with Crippen LogP contribution in [0.5, 0.6) is 5.75 Å². The highest BCUT2D eigenvalue weighted by atomic mass is 35.5. The zero-order chi connectivity index (χ0) is 18.7. The minimum atomic E-state index is -0.336. The Labute approximate surface area is 171 Å². The molecule has 1 aliphatic rings. The predicted molar refractivity (Wildman–Crippen MR) is 108 cm³/mol. The van der Waals surface area contributed by atoms with Crippen LogP contribution in [0.1, 0.15) is 12.8 Å². The van der Waals surface area contributed by atoms with Crippen molar-refractivity contribution in [2.24, 2.45) is 0 Å². The lowest BCUT2D eigenvalue weighted by atomic mass is 10.2. The first-order chi connectivity index (χ1) is 12.4. The number of halogens is 4. The van der Waals surface area contributed by atoms with E-state index in [9.17, 15) is 4.79 Å². The van der Waals surface area contributed by atoms with Gasteiger partial charge in [0.25, 0.3) is 5.91 Å². The van der Waals surface area contributed by atoms with E-state index in [0.717, 1.165) is 18.8 Å². The van der Waals surface area contributed by atoms with Crippen LogP contribution in [0.15, 0.2) is 30.3 Å². The van der Waals surface area contributed by atoms with Crippen LogP contribution < -0.4 is 15.0 Å². The molecule has 8 heteroatoms. The monoisotopic (exact) mass is 432 g/mol. The highest BCUT2D eigenvalue weighted by Crippen LogP contribution is 2.34. The molecule has 138 valence electrons. The molecule has 1 fully saturated rings. The first-order valence-electron chi connectivity index (χ1n) is 8.06. The number of hydrogen-bond donors (Lipinski definition) is 1. The third kappa shape index (κ3) is 4.68. The summed E-state index contributed by atoms with van der Waals surface area (Å²) < 4.78 is 5.41. The van der Waals surface area contributed by atoms with E-state index in [1.165, 1.54) is 25.0 Å². The first kappa shape index (κ1) is 19.4. The summed E-state index contributed by atoms with van der Waals surface area (Å²) in [4.78, 5) is 14.3. The fourth-order valence-corrected chi connectivity index (χ4v) is 3.65. The van der Waals surface area contributed by atoms with Crippen molar-refractivity contribution >= 4 is 63.7 Å². The maximum absolute atomic E-state index is 12.1. The van der Waals surface area contributed by atoms with Crippen molar-refractivity contribution in [3.8, 4) is 5.75 Å². The van der Waals surface area contributed by atoms with Gasteiger partial charge in [0.2, 0.25) is 0 Å². The van der Waals surface area contributed by atoms with E-state index in [1.807, 2.05) is 12.1 Å². The SMILES string of the molecule is O=C(COc1cc(Cl)c(Cl)cc1Cl)Nc1ccc(N2CCCC2)c(Cl)c1. The lowest BCUT2D eigenvalue weighted by Gasteiger charge is -2.19. The molecular formula is C18H16Cl4N2O2. The van der Waals surface area contributed by atoms with Crippen molar-refractivity contribution in [2.45, 2.75) is 12.8 Å². The molecule has 0 radical (unpaired) electrons. The Hall–Kier alpha value is -1.33. The minimum absolute atomic E-state index is 0.219. The van der Waals surface area contributed by atoms with E-state index in [4.69, 9.17) is 51.1 Å². The molecule has 0 spiro atoms. The standard InChI is InChI=1S/C18H16Cl4N2O2/c19-12-8-15(22)17(9-13(12)20)26-10-18(25)23-11-3-4-16(14(21)7-11)24-5-1-2-6-24/h3-4,7-9H,1-2,5-6,10H2,(H,23,25). The summed E-state index contributed by atoms with van der Waals surface area (Å²) in [6.07, 6.45) is 2.34. The number of ether oxygens (including phenoxy) is 1. The topological polar surface area (TPSA) is 41.6 Å². The van der Waals surface area contributed by atoms with Gasteiger partial charge in [-0.05, 0) is 37.1 Å². The van der Waals surface area contributed by atoms with Gasteiger partial charge in [0.1, 0.15) is 5.75 Å². The van der Waals surface area contributed by atoms with Gasteiger partial charge in [-0.25, -0.2) is 0 Å². The van der Waals surface area contributed by atoms with Crippen LogP contribution in [-0.2, 0) is 4.79 Å². The summed E-state index contributed by atoms with van der Waals surface area (Å²) in [5, 5.41) is 4.26. The largest absolute Gasteiger partial charge is 0.482 e. The predicted octanol–water partition coefficient (Wildman–Crippen LogP) is 5.92. The Bertz CT molecular complexity index is 823. The number of benzene rings is 2. The van der Waals surface area contributed by atoms with E-state index in [1.54, 1.807) is 6.07 Å². The molecule has 26 heavy (non-hydrogen) atoms. The lowest BCUT2D eigenvalue weighted by Crippen LogP contribution is -2.21. The van der Waals surface area contributed by atoms with Crippen LogP contribution in [0.2, 0.25) is 20.1 Å². The van der Waals surface area contributed by atoms with Crippen LogP contribution in [0.3, 0.4) is 0 Å². The number of anilines is 2.